The van der Waals surface area contributed by atoms with E-state index in [1.54, 1.807) is 0 Å². The van der Waals surface area contributed by atoms with Crippen LogP contribution in [0, 0.1) is 13.8 Å². The van der Waals surface area contributed by atoms with Crippen LogP contribution in [0.1, 0.15) is 21.6 Å². The number of carboxylic acid groups (broad SMARTS) is 1. The first-order valence-electron chi connectivity index (χ1n) is 7.19. The standard InChI is InChI=1S/C16H18N2O4/c1-9-5-10(2)11-7-13(17-12(11)6-9)15(19)18-3-4-22-14(8-18)16(20)21/h5-7,14,17H,3-4,8H2,1-2H3,(H,20,21)/t14-/m0/s1. The van der Waals surface area contributed by atoms with Gasteiger partial charge in [-0.3, -0.25) is 4.79 Å². The normalized spacial score (nSPS) is 18.6. The van der Waals surface area contributed by atoms with Gasteiger partial charge in [0.05, 0.1) is 13.2 Å². The van der Waals surface area contributed by atoms with Crippen molar-refractivity contribution in [2.75, 3.05) is 19.7 Å². The number of hydrogen-bond donors (Lipinski definition) is 2. The number of ether oxygens (including phenoxy) is 1. The molecule has 1 aromatic carbocycles. The lowest BCUT2D eigenvalue weighted by Gasteiger charge is -2.30. The number of carboxylic acids is 1. The molecule has 0 radical (unpaired) electrons. The van der Waals surface area contributed by atoms with Crippen LogP contribution in [-0.2, 0) is 9.53 Å². The molecule has 1 saturated heterocycles. The van der Waals surface area contributed by atoms with E-state index in [0.717, 1.165) is 22.0 Å². The number of nitrogens with one attached hydrogen (secondary N) is 1. The van der Waals surface area contributed by atoms with Crippen LogP contribution in [0.3, 0.4) is 0 Å². The molecule has 0 saturated carbocycles. The zero-order valence-electron chi connectivity index (χ0n) is 12.5. The number of rotatable bonds is 2. The first-order chi connectivity index (χ1) is 10.5. The van der Waals surface area contributed by atoms with Crippen LogP contribution in [0.15, 0.2) is 18.2 Å². The predicted molar refractivity (Wildman–Crippen MR) is 81.1 cm³/mol. The molecule has 1 fully saturated rings. The lowest BCUT2D eigenvalue weighted by molar-refractivity contribution is -0.154. The van der Waals surface area contributed by atoms with Crippen molar-refractivity contribution in [1.82, 2.24) is 9.88 Å². The highest BCUT2D eigenvalue weighted by Gasteiger charge is 2.30. The smallest absolute Gasteiger partial charge is 0.334 e. The molecule has 22 heavy (non-hydrogen) atoms. The molecule has 0 unspecified atom stereocenters. The minimum absolute atomic E-state index is 0.0710. The Hall–Kier alpha value is -2.34. The summed E-state index contributed by atoms with van der Waals surface area (Å²) in [6.45, 7) is 4.72. The molecule has 116 valence electrons. The summed E-state index contributed by atoms with van der Waals surface area (Å²) in [6, 6.07) is 5.90. The van der Waals surface area contributed by atoms with Gasteiger partial charge in [-0.05, 0) is 37.1 Å². The van der Waals surface area contributed by atoms with Gasteiger partial charge in [-0.25, -0.2) is 4.79 Å². The van der Waals surface area contributed by atoms with Crippen molar-refractivity contribution in [2.45, 2.75) is 20.0 Å². The van der Waals surface area contributed by atoms with Gasteiger partial charge in [-0.2, -0.15) is 0 Å². The monoisotopic (exact) mass is 302 g/mol. The van der Waals surface area contributed by atoms with Gasteiger partial charge in [0, 0.05) is 17.4 Å². The van der Waals surface area contributed by atoms with E-state index in [-0.39, 0.29) is 19.1 Å². The second kappa shape index (κ2) is 5.46. The molecule has 1 aliphatic heterocycles. The molecule has 0 aliphatic carbocycles. The van der Waals surface area contributed by atoms with Crippen molar-refractivity contribution < 1.29 is 19.4 Å². The molecule has 2 heterocycles. The fraction of sp³-hybridized carbons (Fsp3) is 0.375. The summed E-state index contributed by atoms with van der Waals surface area (Å²) in [6.07, 6.45) is -0.953. The lowest BCUT2D eigenvalue weighted by atomic mass is 10.1. The molecule has 0 bridgehead atoms. The first-order valence-corrected chi connectivity index (χ1v) is 7.19. The second-order valence-corrected chi connectivity index (χ2v) is 5.67. The Morgan fingerprint density at radius 3 is 2.82 bits per heavy atom. The average molecular weight is 302 g/mol. The quantitative estimate of drug-likeness (QED) is 0.884. The maximum atomic E-state index is 12.6. The van der Waals surface area contributed by atoms with Crippen LogP contribution in [0.5, 0.6) is 0 Å². The van der Waals surface area contributed by atoms with Crippen LogP contribution < -0.4 is 0 Å². The van der Waals surface area contributed by atoms with Crippen LogP contribution >= 0.6 is 0 Å². The molecule has 6 nitrogen and oxygen atoms in total. The second-order valence-electron chi connectivity index (χ2n) is 5.67. The van der Waals surface area contributed by atoms with E-state index in [1.807, 2.05) is 26.0 Å². The number of fused-ring (bicyclic) bond motifs is 1. The van der Waals surface area contributed by atoms with Crippen molar-refractivity contribution in [1.29, 1.82) is 0 Å². The van der Waals surface area contributed by atoms with E-state index in [2.05, 4.69) is 11.1 Å². The molecule has 1 amide bonds. The molecule has 2 N–H and O–H groups in total. The third-order valence-electron chi connectivity index (χ3n) is 3.95. The van der Waals surface area contributed by atoms with Crippen LogP contribution in [-0.4, -0.2) is 52.7 Å². The Labute approximate surface area is 127 Å². The van der Waals surface area contributed by atoms with Crippen LogP contribution in [0.25, 0.3) is 10.9 Å². The number of aliphatic carboxylic acids is 1. The summed E-state index contributed by atoms with van der Waals surface area (Å²) < 4.78 is 5.15. The van der Waals surface area contributed by atoms with E-state index in [0.29, 0.717) is 12.2 Å². The van der Waals surface area contributed by atoms with Gasteiger partial charge in [-0.15, -0.1) is 0 Å². The maximum Gasteiger partial charge on any atom is 0.334 e. The number of carbonyl (C=O) groups is 2. The topological polar surface area (TPSA) is 82.6 Å². The number of H-pyrrole nitrogens is 1. The summed E-state index contributed by atoms with van der Waals surface area (Å²) in [5.41, 5.74) is 3.64. The Bertz CT molecular complexity index is 750. The largest absolute Gasteiger partial charge is 0.479 e. The van der Waals surface area contributed by atoms with Gasteiger partial charge in [0.15, 0.2) is 6.10 Å². The Morgan fingerprint density at radius 2 is 2.09 bits per heavy atom. The summed E-state index contributed by atoms with van der Waals surface area (Å²) in [4.78, 5) is 28.3. The minimum Gasteiger partial charge on any atom is -0.479 e. The van der Waals surface area contributed by atoms with Crippen molar-refractivity contribution in [3.8, 4) is 0 Å². The van der Waals surface area contributed by atoms with E-state index in [1.165, 1.54) is 4.90 Å². The SMILES string of the molecule is Cc1cc(C)c2cc(C(=O)N3CCO[C@H](C(=O)O)C3)[nH]c2c1. The van der Waals surface area contributed by atoms with E-state index >= 15 is 0 Å². The van der Waals surface area contributed by atoms with E-state index < -0.39 is 12.1 Å². The number of carbonyl (C=O) groups excluding carboxylic acids is 1. The zero-order valence-corrected chi connectivity index (χ0v) is 12.5. The molecule has 2 aromatic rings. The number of aromatic amines is 1. The number of hydrogen-bond acceptors (Lipinski definition) is 3. The fourth-order valence-corrected chi connectivity index (χ4v) is 2.87. The number of amides is 1. The van der Waals surface area contributed by atoms with E-state index in [4.69, 9.17) is 9.84 Å². The van der Waals surface area contributed by atoms with Crippen molar-refractivity contribution in [3.05, 3.63) is 35.0 Å². The molecule has 1 aliphatic rings. The van der Waals surface area contributed by atoms with Gasteiger partial charge < -0.3 is 19.7 Å². The van der Waals surface area contributed by atoms with Crippen molar-refractivity contribution >= 4 is 22.8 Å². The fourth-order valence-electron chi connectivity index (χ4n) is 2.87. The van der Waals surface area contributed by atoms with Crippen LogP contribution in [0.2, 0.25) is 0 Å². The molecule has 3 rings (SSSR count). The highest BCUT2D eigenvalue weighted by atomic mass is 16.5. The molecular formula is C16H18N2O4. The number of aryl methyl sites for hydroxylation is 2. The Kier molecular flexibility index (Phi) is 3.62. The zero-order chi connectivity index (χ0) is 15.9. The van der Waals surface area contributed by atoms with E-state index in [9.17, 15) is 9.59 Å². The maximum absolute atomic E-state index is 12.6. The summed E-state index contributed by atoms with van der Waals surface area (Å²) >= 11 is 0. The Balaban J connectivity index is 1.89. The molecular weight excluding hydrogens is 284 g/mol. The summed E-state index contributed by atoms with van der Waals surface area (Å²) in [7, 11) is 0. The summed E-state index contributed by atoms with van der Waals surface area (Å²) in [5.74, 6) is -1.23. The van der Waals surface area contributed by atoms with Gasteiger partial charge >= 0.3 is 5.97 Å². The highest BCUT2D eigenvalue weighted by Crippen LogP contribution is 2.22. The molecule has 6 heteroatoms. The minimum atomic E-state index is -1.04. The average Bonchev–Trinajstić information content (AvgIpc) is 2.90. The number of morpholine rings is 1. The number of aromatic nitrogens is 1. The van der Waals surface area contributed by atoms with Gasteiger partial charge in [-0.1, -0.05) is 6.07 Å². The van der Waals surface area contributed by atoms with Gasteiger partial charge in [0.25, 0.3) is 5.91 Å². The van der Waals surface area contributed by atoms with Crippen molar-refractivity contribution in [3.63, 3.8) is 0 Å². The third kappa shape index (κ3) is 2.57. The van der Waals surface area contributed by atoms with Gasteiger partial charge in [0.1, 0.15) is 5.69 Å². The molecule has 1 atom stereocenters. The number of benzene rings is 1. The van der Waals surface area contributed by atoms with Crippen LogP contribution in [0.4, 0.5) is 0 Å². The first kappa shape index (κ1) is 14.6. The highest BCUT2D eigenvalue weighted by molar-refractivity contribution is 5.99. The summed E-state index contributed by atoms with van der Waals surface area (Å²) in [5, 5.41) is 10.0. The molecule has 1 aromatic heterocycles. The molecule has 0 spiro atoms. The Morgan fingerprint density at radius 1 is 1.32 bits per heavy atom. The van der Waals surface area contributed by atoms with Gasteiger partial charge in [0.2, 0.25) is 0 Å². The number of nitrogens with zero attached hydrogens (tertiary/aromatic N) is 1. The lowest BCUT2D eigenvalue weighted by Crippen LogP contribution is -2.48. The predicted octanol–water partition coefficient (Wildman–Crippen LogP) is 1.71. The third-order valence-corrected chi connectivity index (χ3v) is 3.95. The van der Waals surface area contributed by atoms with Crippen molar-refractivity contribution in [2.24, 2.45) is 0 Å².